The van der Waals surface area contributed by atoms with Gasteiger partial charge in [0.05, 0.1) is 12.2 Å². The molecule has 0 heterocycles. The standard InChI is InChI=1S/C18H26O3/c1-18-9-15(20)17-12-5-3-11(19)8-10(12)2-4-13(17)14(18)6-7-16(18)21/h8,12-17,20-21H,2-7,9H2,1H3/t12-,13-,14-,15+,16-,17+,18-/m0/s1. The van der Waals surface area contributed by atoms with Gasteiger partial charge >= 0.3 is 0 Å². The van der Waals surface area contributed by atoms with Crippen LogP contribution in [0.2, 0.25) is 0 Å². The van der Waals surface area contributed by atoms with Gasteiger partial charge in [-0.05, 0) is 73.7 Å². The highest BCUT2D eigenvalue weighted by atomic mass is 16.3. The fourth-order valence-electron chi connectivity index (χ4n) is 6.23. The maximum atomic E-state index is 11.7. The molecule has 0 radical (unpaired) electrons. The topological polar surface area (TPSA) is 57.5 Å². The van der Waals surface area contributed by atoms with E-state index in [9.17, 15) is 15.0 Å². The molecule has 116 valence electrons. The number of aliphatic hydroxyl groups is 2. The quantitative estimate of drug-likeness (QED) is 0.720. The Hall–Kier alpha value is -0.670. The van der Waals surface area contributed by atoms with E-state index in [0.717, 1.165) is 38.5 Å². The van der Waals surface area contributed by atoms with Crippen molar-refractivity contribution in [1.29, 1.82) is 0 Å². The first-order chi connectivity index (χ1) is 10.0. The Morgan fingerprint density at radius 2 is 1.95 bits per heavy atom. The van der Waals surface area contributed by atoms with Crippen LogP contribution in [-0.4, -0.2) is 28.2 Å². The zero-order chi connectivity index (χ0) is 14.8. The van der Waals surface area contributed by atoms with Crippen molar-refractivity contribution in [3.05, 3.63) is 11.6 Å². The predicted molar refractivity (Wildman–Crippen MR) is 79.5 cm³/mol. The molecule has 0 amide bonds. The normalized spacial score (nSPS) is 52.7. The van der Waals surface area contributed by atoms with Crippen LogP contribution in [0.1, 0.15) is 51.9 Å². The van der Waals surface area contributed by atoms with E-state index in [0.29, 0.717) is 30.1 Å². The zero-order valence-corrected chi connectivity index (χ0v) is 12.8. The van der Waals surface area contributed by atoms with E-state index in [1.54, 1.807) is 0 Å². The van der Waals surface area contributed by atoms with Crippen LogP contribution in [-0.2, 0) is 4.79 Å². The highest BCUT2D eigenvalue weighted by molar-refractivity contribution is 5.91. The van der Waals surface area contributed by atoms with Gasteiger partial charge in [0.25, 0.3) is 0 Å². The molecule has 0 bridgehead atoms. The van der Waals surface area contributed by atoms with Crippen LogP contribution in [0.3, 0.4) is 0 Å². The Morgan fingerprint density at radius 3 is 2.76 bits per heavy atom. The first kappa shape index (κ1) is 14.0. The average molecular weight is 290 g/mol. The Morgan fingerprint density at radius 1 is 1.14 bits per heavy atom. The second kappa shape index (κ2) is 4.66. The minimum absolute atomic E-state index is 0.0910. The summed E-state index contributed by atoms with van der Waals surface area (Å²) in [6.45, 7) is 2.19. The number of ketones is 1. The number of allylic oxidation sites excluding steroid dienone is 1. The van der Waals surface area contributed by atoms with Gasteiger partial charge in [-0.1, -0.05) is 12.5 Å². The summed E-state index contributed by atoms with van der Waals surface area (Å²) in [5, 5.41) is 21.2. The van der Waals surface area contributed by atoms with Crippen molar-refractivity contribution in [1.82, 2.24) is 0 Å². The van der Waals surface area contributed by atoms with Gasteiger partial charge in [-0.3, -0.25) is 4.79 Å². The number of hydrogen-bond acceptors (Lipinski definition) is 3. The van der Waals surface area contributed by atoms with Crippen molar-refractivity contribution >= 4 is 5.78 Å². The van der Waals surface area contributed by atoms with Gasteiger partial charge in [-0.15, -0.1) is 0 Å². The zero-order valence-electron chi connectivity index (χ0n) is 12.8. The van der Waals surface area contributed by atoms with Crippen LogP contribution < -0.4 is 0 Å². The molecular formula is C18H26O3. The molecule has 4 aliphatic rings. The van der Waals surface area contributed by atoms with Gasteiger partial charge in [0.15, 0.2) is 5.78 Å². The van der Waals surface area contributed by atoms with E-state index >= 15 is 0 Å². The summed E-state index contributed by atoms with van der Waals surface area (Å²) in [5.74, 6) is 2.10. The van der Waals surface area contributed by atoms with E-state index in [4.69, 9.17) is 0 Å². The summed E-state index contributed by atoms with van der Waals surface area (Å²) in [6.07, 6.45) is 7.72. The van der Waals surface area contributed by atoms with Crippen molar-refractivity contribution in [2.75, 3.05) is 0 Å². The SMILES string of the molecule is C[C@]12C[C@@H](O)[C@H]3[C@@H](CCC4=CC(=O)CC[C@@H]43)[C@@H]1CC[C@@H]2O. The molecule has 21 heavy (non-hydrogen) atoms. The first-order valence-corrected chi connectivity index (χ1v) is 8.60. The lowest BCUT2D eigenvalue weighted by Crippen LogP contribution is -2.53. The molecule has 3 nitrogen and oxygen atoms in total. The summed E-state index contributed by atoms with van der Waals surface area (Å²) in [5.41, 5.74) is 1.21. The van der Waals surface area contributed by atoms with E-state index in [2.05, 4.69) is 6.92 Å². The summed E-state index contributed by atoms with van der Waals surface area (Å²) in [7, 11) is 0. The Balaban J connectivity index is 1.68. The molecule has 0 aromatic carbocycles. The van der Waals surface area contributed by atoms with Crippen LogP contribution in [0.25, 0.3) is 0 Å². The lowest BCUT2D eigenvalue weighted by molar-refractivity contribution is -0.125. The molecule has 2 N–H and O–H groups in total. The largest absolute Gasteiger partial charge is 0.393 e. The number of aliphatic hydroxyl groups excluding tert-OH is 2. The first-order valence-electron chi connectivity index (χ1n) is 8.60. The van der Waals surface area contributed by atoms with Crippen LogP contribution in [0.4, 0.5) is 0 Å². The summed E-state index contributed by atoms with van der Waals surface area (Å²) in [6, 6.07) is 0. The molecule has 0 unspecified atom stereocenters. The number of carbonyl (C=O) groups is 1. The summed E-state index contributed by atoms with van der Waals surface area (Å²) >= 11 is 0. The number of rotatable bonds is 0. The average Bonchev–Trinajstić information content (AvgIpc) is 2.74. The molecule has 0 aromatic rings. The fraction of sp³-hybridized carbons (Fsp3) is 0.833. The predicted octanol–water partition coefficient (Wildman–Crippen LogP) is 2.46. The fourth-order valence-corrected chi connectivity index (χ4v) is 6.23. The van der Waals surface area contributed by atoms with Gasteiger partial charge in [0.2, 0.25) is 0 Å². The lowest BCUT2D eigenvalue weighted by atomic mass is 9.51. The van der Waals surface area contributed by atoms with E-state index < -0.39 is 0 Å². The van der Waals surface area contributed by atoms with Crippen molar-refractivity contribution in [2.24, 2.45) is 29.1 Å². The summed E-state index contributed by atoms with van der Waals surface area (Å²) < 4.78 is 0. The molecule has 0 aliphatic heterocycles. The number of hydrogen-bond donors (Lipinski definition) is 2. The Labute approximate surface area is 126 Å². The van der Waals surface area contributed by atoms with Crippen molar-refractivity contribution in [3.8, 4) is 0 Å². The van der Waals surface area contributed by atoms with Gasteiger partial charge < -0.3 is 10.2 Å². The molecular weight excluding hydrogens is 264 g/mol. The number of carbonyl (C=O) groups excluding carboxylic acids is 1. The third-order valence-electron chi connectivity index (χ3n) is 7.22. The van der Waals surface area contributed by atoms with Crippen LogP contribution in [0.5, 0.6) is 0 Å². The van der Waals surface area contributed by atoms with Crippen molar-refractivity contribution in [2.45, 2.75) is 64.1 Å². The second-order valence-corrected chi connectivity index (χ2v) is 8.09. The molecule has 7 atom stereocenters. The molecule has 3 saturated carbocycles. The minimum atomic E-state index is -0.314. The number of fused-ring (bicyclic) bond motifs is 5. The van der Waals surface area contributed by atoms with Gasteiger partial charge in [0, 0.05) is 6.42 Å². The van der Waals surface area contributed by atoms with Crippen LogP contribution in [0.15, 0.2) is 11.6 Å². The van der Waals surface area contributed by atoms with Gasteiger partial charge in [0.1, 0.15) is 0 Å². The van der Waals surface area contributed by atoms with Crippen molar-refractivity contribution in [3.63, 3.8) is 0 Å². The van der Waals surface area contributed by atoms with Crippen LogP contribution >= 0.6 is 0 Å². The molecule has 4 rings (SSSR count). The van der Waals surface area contributed by atoms with E-state index in [1.807, 2.05) is 6.08 Å². The third-order valence-corrected chi connectivity index (χ3v) is 7.22. The van der Waals surface area contributed by atoms with Crippen LogP contribution in [0, 0.1) is 29.1 Å². The smallest absolute Gasteiger partial charge is 0.155 e. The lowest BCUT2D eigenvalue weighted by Gasteiger charge is -2.55. The Bertz CT molecular complexity index is 497. The molecule has 0 saturated heterocycles. The highest BCUT2D eigenvalue weighted by Gasteiger charge is 2.58. The molecule has 4 aliphatic carbocycles. The van der Waals surface area contributed by atoms with E-state index in [1.165, 1.54) is 5.57 Å². The maximum absolute atomic E-state index is 11.7. The minimum Gasteiger partial charge on any atom is -0.393 e. The van der Waals surface area contributed by atoms with Crippen molar-refractivity contribution < 1.29 is 15.0 Å². The summed E-state index contributed by atoms with van der Waals surface area (Å²) in [4.78, 5) is 11.7. The highest BCUT2D eigenvalue weighted by Crippen LogP contribution is 2.61. The maximum Gasteiger partial charge on any atom is 0.155 e. The molecule has 0 aromatic heterocycles. The molecule has 3 heteroatoms. The molecule has 0 spiro atoms. The Kier molecular flexibility index (Phi) is 3.10. The monoisotopic (exact) mass is 290 g/mol. The third kappa shape index (κ3) is 1.90. The van der Waals surface area contributed by atoms with Gasteiger partial charge in [-0.25, -0.2) is 0 Å². The molecule has 3 fully saturated rings. The van der Waals surface area contributed by atoms with Gasteiger partial charge in [-0.2, -0.15) is 0 Å². The second-order valence-electron chi connectivity index (χ2n) is 8.09. The van der Waals surface area contributed by atoms with E-state index in [-0.39, 0.29) is 23.4 Å².